The number of nitrogens with one attached hydrogen (secondary N) is 3. The molecule has 1 saturated heterocycles. The van der Waals surface area contributed by atoms with Gasteiger partial charge in [0.05, 0.1) is 0 Å². The van der Waals surface area contributed by atoms with Crippen LogP contribution in [0.15, 0.2) is 48.5 Å². The second kappa shape index (κ2) is 8.47. The summed E-state index contributed by atoms with van der Waals surface area (Å²) in [6.07, 6.45) is 1.90. The number of hydrogen-bond donors (Lipinski definition) is 3. The molecule has 2 aromatic rings. The van der Waals surface area contributed by atoms with Crippen molar-refractivity contribution in [3.8, 4) is 0 Å². The normalized spacial score (nSPS) is 19.5. The number of piperidine rings is 1. The fourth-order valence-electron chi connectivity index (χ4n) is 4.53. The molecule has 1 atom stereocenters. The Hall–Kier alpha value is -1.88. The molecule has 1 amide bonds. The van der Waals surface area contributed by atoms with Gasteiger partial charge in [-0.1, -0.05) is 48.0 Å². The molecule has 3 rings (SSSR count). The maximum atomic E-state index is 13.3. The fourth-order valence-corrected chi connectivity index (χ4v) is 4.71. The molecular weight excluding hydrogens is 382 g/mol. The Morgan fingerprint density at radius 1 is 1.07 bits per heavy atom. The van der Waals surface area contributed by atoms with Crippen LogP contribution in [-0.2, 0) is 4.79 Å². The van der Waals surface area contributed by atoms with Gasteiger partial charge in [0.25, 0.3) is 0 Å². The zero-order valence-electron chi connectivity index (χ0n) is 18.0. The molecule has 1 unspecified atom stereocenters. The highest BCUT2D eigenvalue weighted by Crippen LogP contribution is 2.30. The summed E-state index contributed by atoms with van der Waals surface area (Å²) in [5, 5.41) is 11.0. The maximum absolute atomic E-state index is 13.3. The third kappa shape index (κ3) is 5.81. The molecule has 4 nitrogen and oxygen atoms in total. The largest absolute Gasteiger partial charge is 0.324 e. The first-order valence-electron chi connectivity index (χ1n) is 10.2. The van der Waals surface area contributed by atoms with Gasteiger partial charge in [0.1, 0.15) is 6.04 Å². The van der Waals surface area contributed by atoms with Gasteiger partial charge in [0.15, 0.2) is 0 Å². The SMILES string of the molecule is Cc1ccc(NC(=O)C(NC2CC(C)(C)NC(C)(C)C2)c2ccccc2)cc1Cl. The molecule has 0 radical (unpaired) electrons. The van der Waals surface area contributed by atoms with E-state index in [1.165, 1.54) is 0 Å². The summed E-state index contributed by atoms with van der Waals surface area (Å²) in [4.78, 5) is 13.3. The van der Waals surface area contributed by atoms with E-state index < -0.39 is 6.04 Å². The molecule has 0 aliphatic carbocycles. The van der Waals surface area contributed by atoms with Gasteiger partial charge < -0.3 is 10.6 Å². The van der Waals surface area contributed by atoms with Gasteiger partial charge in [-0.25, -0.2) is 0 Å². The molecule has 1 aliphatic heterocycles. The lowest BCUT2D eigenvalue weighted by molar-refractivity contribution is -0.118. The summed E-state index contributed by atoms with van der Waals surface area (Å²) >= 11 is 6.24. The molecule has 0 aromatic heterocycles. The van der Waals surface area contributed by atoms with E-state index in [2.05, 4.69) is 43.6 Å². The quantitative estimate of drug-likeness (QED) is 0.629. The molecule has 1 heterocycles. The monoisotopic (exact) mass is 413 g/mol. The van der Waals surface area contributed by atoms with Gasteiger partial charge in [-0.05, 0) is 70.7 Å². The smallest absolute Gasteiger partial charge is 0.246 e. The number of benzene rings is 2. The van der Waals surface area contributed by atoms with Crippen molar-refractivity contribution in [3.63, 3.8) is 0 Å². The van der Waals surface area contributed by atoms with E-state index in [1.54, 1.807) is 6.07 Å². The molecule has 1 fully saturated rings. The molecule has 156 valence electrons. The van der Waals surface area contributed by atoms with E-state index in [0.717, 1.165) is 24.0 Å². The number of rotatable bonds is 5. The third-order valence-electron chi connectivity index (χ3n) is 5.43. The molecular formula is C24H32ClN3O. The molecule has 0 bridgehead atoms. The van der Waals surface area contributed by atoms with E-state index in [1.807, 2.05) is 49.4 Å². The zero-order valence-corrected chi connectivity index (χ0v) is 18.7. The second-order valence-electron chi connectivity index (χ2n) is 9.46. The van der Waals surface area contributed by atoms with Crippen LogP contribution >= 0.6 is 11.6 Å². The van der Waals surface area contributed by atoms with E-state index in [4.69, 9.17) is 11.6 Å². The average Bonchev–Trinajstić information content (AvgIpc) is 2.61. The number of aryl methyl sites for hydroxylation is 1. The zero-order chi connectivity index (χ0) is 21.2. The van der Waals surface area contributed by atoms with Crippen LogP contribution in [0.5, 0.6) is 0 Å². The van der Waals surface area contributed by atoms with Gasteiger partial charge in [-0.15, -0.1) is 0 Å². The van der Waals surface area contributed by atoms with Crippen LogP contribution < -0.4 is 16.0 Å². The van der Waals surface area contributed by atoms with E-state index >= 15 is 0 Å². The second-order valence-corrected chi connectivity index (χ2v) is 9.87. The van der Waals surface area contributed by atoms with E-state index in [9.17, 15) is 4.79 Å². The molecule has 0 saturated carbocycles. The topological polar surface area (TPSA) is 53.2 Å². The van der Waals surface area contributed by atoms with Crippen LogP contribution in [0.2, 0.25) is 5.02 Å². The minimum atomic E-state index is -0.439. The standard InChI is InChI=1S/C24H32ClN3O/c1-16-11-12-18(13-20(16)25)27-22(29)21(17-9-7-6-8-10-17)26-19-14-23(2,3)28-24(4,5)15-19/h6-13,19,21,26,28H,14-15H2,1-5H3,(H,27,29). The van der Waals surface area contributed by atoms with E-state index in [-0.39, 0.29) is 23.0 Å². The number of carbonyl (C=O) groups is 1. The van der Waals surface area contributed by atoms with Crippen molar-refractivity contribution in [1.82, 2.24) is 10.6 Å². The van der Waals surface area contributed by atoms with Crippen LogP contribution in [0, 0.1) is 6.92 Å². The van der Waals surface area contributed by atoms with Crippen molar-refractivity contribution in [1.29, 1.82) is 0 Å². The summed E-state index contributed by atoms with van der Waals surface area (Å²) < 4.78 is 0. The first-order valence-corrected chi connectivity index (χ1v) is 10.6. The Labute approximate surface area is 179 Å². The Morgan fingerprint density at radius 2 is 1.69 bits per heavy atom. The molecule has 5 heteroatoms. The highest BCUT2D eigenvalue weighted by Gasteiger charge is 2.39. The molecule has 0 spiro atoms. The lowest BCUT2D eigenvalue weighted by Crippen LogP contribution is -2.62. The van der Waals surface area contributed by atoms with Crippen molar-refractivity contribution in [2.45, 2.75) is 70.6 Å². The lowest BCUT2D eigenvalue weighted by Gasteiger charge is -2.47. The van der Waals surface area contributed by atoms with Crippen molar-refractivity contribution in [2.75, 3.05) is 5.32 Å². The summed E-state index contributed by atoms with van der Waals surface area (Å²) in [6, 6.07) is 15.3. The summed E-state index contributed by atoms with van der Waals surface area (Å²) in [6.45, 7) is 10.8. The van der Waals surface area contributed by atoms with Gasteiger partial charge >= 0.3 is 0 Å². The van der Waals surface area contributed by atoms with Crippen molar-refractivity contribution in [3.05, 3.63) is 64.7 Å². The van der Waals surface area contributed by atoms with Gasteiger partial charge in [0.2, 0.25) is 5.91 Å². The van der Waals surface area contributed by atoms with Gasteiger partial charge in [0, 0.05) is 27.8 Å². The average molecular weight is 414 g/mol. The van der Waals surface area contributed by atoms with Crippen LogP contribution in [0.25, 0.3) is 0 Å². The first kappa shape index (κ1) is 21.8. The number of carbonyl (C=O) groups excluding carboxylic acids is 1. The van der Waals surface area contributed by atoms with Crippen LogP contribution in [0.4, 0.5) is 5.69 Å². The van der Waals surface area contributed by atoms with E-state index in [0.29, 0.717) is 10.7 Å². The highest BCUT2D eigenvalue weighted by atomic mass is 35.5. The van der Waals surface area contributed by atoms with Crippen molar-refractivity contribution in [2.24, 2.45) is 0 Å². The van der Waals surface area contributed by atoms with Crippen LogP contribution in [-0.4, -0.2) is 23.0 Å². The molecule has 29 heavy (non-hydrogen) atoms. The Kier molecular flexibility index (Phi) is 6.37. The lowest BCUT2D eigenvalue weighted by atomic mass is 9.79. The predicted molar refractivity (Wildman–Crippen MR) is 121 cm³/mol. The van der Waals surface area contributed by atoms with Crippen molar-refractivity contribution < 1.29 is 4.79 Å². The third-order valence-corrected chi connectivity index (χ3v) is 5.83. The summed E-state index contributed by atoms with van der Waals surface area (Å²) in [5.74, 6) is -0.0785. The number of halogens is 1. The fraction of sp³-hybridized carbons (Fsp3) is 0.458. The van der Waals surface area contributed by atoms with Gasteiger partial charge in [-0.3, -0.25) is 10.1 Å². The summed E-state index contributed by atoms with van der Waals surface area (Å²) in [7, 11) is 0. The minimum absolute atomic E-state index is 0.00160. The highest BCUT2D eigenvalue weighted by molar-refractivity contribution is 6.31. The predicted octanol–water partition coefficient (Wildman–Crippen LogP) is 5.23. The number of hydrogen-bond acceptors (Lipinski definition) is 3. The Morgan fingerprint density at radius 3 is 2.28 bits per heavy atom. The first-order chi connectivity index (χ1) is 13.5. The molecule has 2 aromatic carbocycles. The van der Waals surface area contributed by atoms with Crippen LogP contribution in [0.3, 0.4) is 0 Å². The van der Waals surface area contributed by atoms with Gasteiger partial charge in [-0.2, -0.15) is 0 Å². The molecule has 1 aliphatic rings. The number of amides is 1. The molecule has 3 N–H and O–H groups in total. The van der Waals surface area contributed by atoms with Crippen LogP contribution in [0.1, 0.15) is 57.7 Å². The van der Waals surface area contributed by atoms with Crippen molar-refractivity contribution >= 4 is 23.2 Å². The minimum Gasteiger partial charge on any atom is -0.324 e. The summed E-state index contributed by atoms with van der Waals surface area (Å²) in [5.41, 5.74) is 2.65. The maximum Gasteiger partial charge on any atom is 0.246 e. The Bertz CT molecular complexity index is 848. The number of anilines is 1. The Balaban J connectivity index is 1.83.